The molecule has 0 spiro atoms. The number of hydrogen-bond acceptors (Lipinski definition) is 3. The largest absolute Gasteiger partial charge is 0.350 e. The second-order valence-corrected chi connectivity index (χ2v) is 9.91. The number of carbonyl (C=O) groups is 2. The number of nitrogens with zero attached hydrogens (tertiary/aromatic N) is 1. The van der Waals surface area contributed by atoms with Crippen LogP contribution >= 0.6 is 35.0 Å². The number of hydrogen-bond donors (Lipinski definition) is 1. The lowest BCUT2D eigenvalue weighted by atomic mass is 10.1. The van der Waals surface area contributed by atoms with E-state index in [1.807, 2.05) is 58.0 Å². The summed E-state index contributed by atoms with van der Waals surface area (Å²) < 4.78 is 0. The standard InChI is InChI=1S/C23H28Cl2N2O2S/c1-5-20(22(29)26-23(2,3)4)27(14-16-11-12-17(24)13-19(16)25)21(28)15-30-18-9-7-6-8-10-18/h6-13,20H,5,14-15H2,1-4H3,(H,26,29). The van der Waals surface area contributed by atoms with E-state index in [0.717, 1.165) is 10.5 Å². The lowest BCUT2D eigenvalue weighted by molar-refractivity contribution is -0.140. The fourth-order valence-electron chi connectivity index (χ4n) is 2.95. The molecule has 2 aromatic carbocycles. The average molecular weight is 467 g/mol. The highest BCUT2D eigenvalue weighted by Crippen LogP contribution is 2.25. The summed E-state index contributed by atoms with van der Waals surface area (Å²) in [5, 5.41) is 4.00. The molecule has 0 radical (unpaired) electrons. The van der Waals surface area contributed by atoms with Crippen LogP contribution < -0.4 is 5.32 Å². The van der Waals surface area contributed by atoms with Crippen LogP contribution in [0.15, 0.2) is 53.4 Å². The van der Waals surface area contributed by atoms with Gasteiger partial charge in [-0.15, -0.1) is 11.8 Å². The third-order valence-electron chi connectivity index (χ3n) is 4.35. The predicted molar refractivity (Wildman–Crippen MR) is 126 cm³/mol. The van der Waals surface area contributed by atoms with Gasteiger partial charge in [-0.1, -0.05) is 54.4 Å². The number of thioether (sulfide) groups is 1. The normalized spacial score (nSPS) is 12.3. The highest BCUT2D eigenvalue weighted by atomic mass is 35.5. The molecule has 0 aliphatic rings. The van der Waals surface area contributed by atoms with E-state index in [0.29, 0.717) is 16.5 Å². The Bertz CT molecular complexity index is 869. The molecule has 2 aromatic rings. The van der Waals surface area contributed by atoms with Crippen molar-refractivity contribution in [3.8, 4) is 0 Å². The smallest absolute Gasteiger partial charge is 0.243 e. The molecule has 1 N–H and O–H groups in total. The Morgan fingerprint density at radius 2 is 1.77 bits per heavy atom. The van der Waals surface area contributed by atoms with Gasteiger partial charge in [0.1, 0.15) is 6.04 Å². The number of carbonyl (C=O) groups excluding carboxylic acids is 2. The van der Waals surface area contributed by atoms with Gasteiger partial charge in [-0.25, -0.2) is 0 Å². The van der Waals surface area contributed by atoms with Crippen LogP contribution in [0.2, 0.25) is 10.0 Å². The number of halogens is 2. The number of rotatable bonds is 8. The maximum Gasteiger partial charge on any atom is 0.243 e. The summed E-state index contributed by atoms with van der Waals surface area (Å²) in [6.45, 7) is 7.91. The van der Waals surface area contributed by atoms with Crippen molar-refractivity contribution in [3.05, 3.63) is 64.1 Å². The molecule has 4 nitrogen and oxygen atoms in total. The van der Waals surface area contributed by atoms with Crippen molar-refractivity contribution in [3.63, 3.8) is 0 Å². The van der Waals surface area contributed by atoms with Crippen molar-refractivity contribution in [1.29, 1.82) is 0 Å². The summed E-state index contributed by atoms with van der Waals surface area (Å²) in [6.07, 6.45) is 0.495. The van der Waals surface area contributed by atoms with Gasteiger partial charge in [-0.05, 0) is 57.0 Å². The fraction of sp³-hybridized carbons (Fsp3) is 0.391. The summed E-state index contributed by atoms with van der Waals surface area (Å²) >= 11 is 13.8. The van der Waals surface area contributed by atoms with Crippen molar-refractivity contribution >= 4 is 46.8 Å². The van der Waals surface area contributed by atoms with E-state index in [1.165, 1.54) is 11.8 Å². The summed E-state index contributed by atoms with van der Waals surface area (Å²) in [5.41, 5.74) is 0.358. The van der Waals surface area contributed by atoms with Crippen molar-refractivity contribution in [2.75, 3.05) is 5.75 Å². The van der Waals surface area contributed by atoms with Crippen molar-refractivity contribution in [2.24, 2.45) is 0 Å². The molecule has 0 saturated carbocycles. The van der Waals surface area contributed by atoms with Gasteiger partial charge < -0.3 is 10.2 Å². The zero-order valence-electron chi connectivity index (χ0n) is 17.7. The van der Waals surface area contributed by atoms with Crippen LogP contribution in [0.3, 0.4) is 0 Å². The van der Waals surface area contributed by atoms with Gasteiger partial charge in [0, 0.05) is 27.0 Å². The minimum Gasteiger partial charge on any atom is -0.350 e. The Hall–Kier alpha value is -1.69. The topological polar surface area (TPSA) is 49.4 Å². The van der Waals surface area contributed by atoms with E-state index < -0.39 is 11.6 Å². The highest BCUT2D eigenvalue weighted by molar-refractivity contribution is 8.00. The van der Waals surface area contributed by atoms with Gasteiger partial charge in [-0.2, -0.15) is 0 Å². The van der Waals surface area contributed by atoms with Crippen LogP contribution in [-0.2, 0) is 16.1 Å². The first-order chi connectivity index (χ1) is 14.1. The molecule has 0 aromatic heterocycles. The Balaban J connectivity index is 2.27. The second kappa shape index (κ2) is 11.1. The van der Waals surface area contributed by atoms with Gasteiger partial charge in [0.25, 0.3) is 0 Å². The van der Waals surface area contributed by atoms with Crippen molar-refractivity contribution in [2.45, 2.75) is 57.1 Å². The Morgan fingerprint density at radius 1 is 1.10 bits per heavy atom. The molecule has 2 rings (SSSR count). The van der Waals surface area contributed by atoms with Crippen LogP contribution in [0.5, 0.6) is 0 Å². The predicted octanol–water partition coefficient (Wildman–Crippen LogP) is 5.81. The van der Waals surface area contributed by atoms with Gasteiger partial charge in [0.2, 0.25) is 11.8 Å². The van der Waals surface area contributed by atoms with E-state index in [4.69, 9.17) is 23.2 Å². The maximum atomic E-state index is 13.2. The molecule has 30 heavy (non-hydrogen) atoms. The molecular formula is C23H28Cl2N2O2S. The van der Waals surface area contributed by atoms with Crippen molar-refractivity contribution in [1.82, 2.24) is 10.2 Å². The van der Waals surface area contributed by atoms with E-state index in [1.54, 1.807) is 23.1 Å². The van der Waals surface area contributed by atoms with E-state index in [9.17, 15) is 9.59 Å². The molecule has 2 amide bonds. The second-order valence-electron chi connectivity index (χ2n) is 8.02. The Labute approximate surface area is 193 Å². The average Bonchev–Trinajstić information content (AvgIpc) is 2.67. The number of nitrogens with one attached hydrogen (secondary N) is 1. The summed E-state index contributed by atoms with van der Waals surface area (Å²) in [7, 11) is 0. The van der Waals surface area contributed by atoms with Crippen molar-refractivity contribution < 1.29 is 9.59 Å². The summed E-state index contributed by atoms with van der Waals surface area (Å²) in [6, 6.07) is 14.3. The highest BCUT2D eigenvalue weighted by Gasteiger charge is 2.31. The van der Waals surface area contributed by atoms with Crippen LogP contribution in [-0.4, -0.2) is 34.0 Å². The van der Waals surface area contributed by atoms with Gasteiger partial charge in [0.15, 0.2) is 0 Å². The zero-order chi connectivity index (χ0) is 22.3. The van der Waals surface area contributed by atoms with Crippen LogP contribution in [0.1, 0.15) is 39.7 Å². The molecule has 0 aliphatic heterocycles. The van der Waals surface area contributed by atoms with E-state index in [-0.39, 0.29) is 24.1 Å². The first-order valence-electron chi connectivity index (χ1n) is 9.84. The third-order valence-corrected chi connectivity index (χ3v) is 5.93. The monoisotopic (exact) mass is 466 g/mol. The lowest BCUT2D eigenvalue weighted by Crippen LogP contribution is -2.53. The molecule has 0 heterocycles. The summed E-state index contributed by atoms with van der Waals surface area (Å²) in [5.74, 6) is -0.0620. The van der Waals surface area contributed by atoms with Gasteiger partial charge in [-0.3, -0.25) is 9.59 Å². The molecule has 7 heteroatoms. The van der Waals surface area contributed by atoms with E-state index in [2.05, 4.69) is 5.32 Å². The molecule has 162 valence electrons. The molecule has 1 unspecified atom stereocenters. The molecule has 1 atom stereocenters. The summed E-state index contributed by atoms with van der Waals surface area (Å²) in [4.78, 5) is 28.8. The molecule has 0 fully saturated rings. The lowest BCUT2D eigenvalue weighted by Gasteiger charge is -2.33. The van der Waals surface area contributed by atoms with E-state index >= 15 is 0 Å². The molecule has 0 saturated heterocycles. The molecule has 0 aliphatic carbocycles. The Kier molecular flexibility index (Phi) is 9.08. The van der Waals surface area contributed by atoms with Gasteiger partial charge in [0.05, 0.1) is 5.75 Å². The zero-order valence-corrected chi connectivity index (χ0v) is 20.1. The number of amides is 2. The SMILES string of the molecule is CCC(C(=O)NC(C)(C)C)N(Cc1ccc(Cl)cc1Cl)C(=O)CSc1ccccc1. The minimum atomic E-state index is -0.597. The first kappa shape index (κ1) is 24.6. The minimum absolute atomic E-state index is 0.120. The molecular weight excluding hydrogens is 439 g/mol. The fourth-order valence-corrected chi connectivity index (χ4v) is 4.22. The van der Waals surface area contributed by atoms with Crippen LogP contribution in [0.25, 0.3) is 0 Å². The third kappa shape index (κ3) is 7.53. The quantitative estimate of drug-likeness (QED) is 0.499. The first-order valence-corrected chi connectivity index (χ1v) is 11.6. The number of benzene rings is 2. The van der Waals surface area contributed by atoms with Gasteiger partial charge >= 0.3 is 0 Å². The Morgan fingerprint density at radius 3 is 2.33 bits per heavy atom. The van der Waals surface area contributed by atoms with Crippen LogP contribution in [0, 0.1) is 0 Å². The maximum absolute atomic E-state index is 13.2. The van der Waals surface area contributed by atoms with Crippen LogP contribution in [0.4, 0.5) is 0 Å². The molecule has 0 bridgehead atoms.